The van der Waals surface area contributed by atoms with E-state index in [1.165, 1.54) is 0 Å². The monoisotopic (exact) mass is 344 g/mol. The number of carbonyl (C=O) groups excluding carboxylic acids is 1. The van der Waals surface area contributed by atoms with Crippen molar-refractivity contribution in [3.63, 3.8) is 0 Å². The van der Waals surface area contributed by atoms with E-state index in [1.54, 1.807) is 49.1 Å². The molecule has 0 aliphatic carbocycles. The molecule has 0 fully saturated rings. The van der Waals surface area contributed by atoms with Gasteiger partial charge in [0.15, 0.2) is 0 Å². The summed E-state index contributed by atoms with van der Waals surface area (Å²) in [5, 5.41) is 3.28. The van der Waals surface area contributed by atoms with E-state index in [2.05, 4.69) is 12.2 Å². The molecule has 2 aromatic carbocycles. The van der Waals surface area contributed by atoms with Crippen molar-refractivity contribution >= 4 is 29.2 Å². The molecule has 1 aliphatic rings. The van der Waals surface area contributed by atoms with Gasteiger partial charge in [-0.3, -0.25) is 4.90 Å². The standard InChI is InChI=1S/C18H20N2O3S/c1-12-11-20(16-6-4-5-7-17(16)24-12)18(21)19-13-8-14(22-2)10-15(9-13)23-3/h4-10,12H,11H2,1-3H3,(H,19,21)/t12-/m1/s1. The van der Waals surface area contributed by atoms with Crippen LogP contribution in [0.2, 0.25) is 0 Å². The first-order valence-corrected chi connectivity index (χ1v) is 8.56. The van der Waals surface area contributed by atoms with Crippen LogP contribution in [0.1, 0.15) is 6.92 Å². The number of amides is 2. The van der Waals surface area contributed by atoms with Gasteiger partial charge in [0, 0.05) is 40.6 Å². The van der Waals surface area contributed by atoms with Gasteiger partial charge in [-0.25, -0.2) is 4.79 Å². The number of rotatable bonds is 3. The average molecular weight is 344 g/mol. The molecule has 0 spiro atoms. The topological polar surface area (TPSA) is 50.8 Å². The second kappa shape index (κ2) is 7.05. The summed E-state index contributed by atoms with van der Waals surface area (Å²) in [4.78, 5) is 15.7. The summed E-state index contributed by atoms with van der Waals surface area (Å²) in [7, 11) is 3.17. The van der Waals surface area contributed by atoms with Gasteiger partial charge < -0.3 is 14.8 Å². The predicted octanol–water partition coefficient (Wildman–Crippen LogP) is 4.24. The molecular weight excluding hydrogens is 324 g/mol. The van der Waals surface area contributed by atoms with Crippen LogP contribution < -0.4 is 19.7 Å². The quantitative estimate of drug-likeness (QED) is 0.905. The highest BCUT2D eigenvalue weighted by Gasteiger charge is 2.26. The number of thioether (sulfide) groups is 1. The molecule has 1 heterocycles. The van der Waals surface area contributed by atoms with E-state index in [-0.39, 0.29) is 6.03 Å². The smallest absolute Gasteiger partial charge is 0.326 e. The number of urea groups is 1. The number of anilines is 2. The van der Waals surface area contributed by atoms with Crippen molar-refractivity contribution in [1.82, 2.24) is 0 Å². The number of carbonyl (C=O) groups is 1. The van der Waals surface area contributed by atoms with Crippen LogP contribution >= 0.6 is 11.8 Å². The van der Waals surface area contributed by atoms with Gasteiger partial charge in [0.05, 0.1) is 19.9 Å². The second-order valence-corrected chi connectivity index (χ2v) is 7.02. The molecule has 2 aromatic rings. The van der Waals surface area contributed by atoms with Crippen molar-refractivity contribution < 1.29 is 14.3 Å². The second-order valence-electron chi connectivity index (χ2n) is 5.54. The highest BCUT2D eigenvalue weighted by Crippen LogP contribution is 2.38. The van der Waals surface area contributed by atoms with Crippen LogP contribution in [0.25, 0.3) is 0 Å². The molecule has 2 amide bonds. The SMILES string of the molecule is COc1cc(NC(=O)N2C[C@@H](C)Sc3ccccc32)cc(OC)c1. The van der Waals surface area contributed by atoms with Crippen molar-refractivity contribution in [3.8, 4) is 11.5 Å². The Morgan fingerprint density at radius 1 is 1.17 bits per heavy atom. The molecule has 1 N–H and O–H groups in total. The lowest BCUT2D eigenvalue weighted by atomic mass is 10.2. The minimum Gasteiger partial charge on any atom is -0.497 e. The number of benzene rings is 2. The van der Waals surface area contributed by atoms with Gasteiger partial charge in [-0.05, 0) is 12.1 Å². The Bertz CT molecular complexity index is 729. The van der Waals surface area contributed by atoms with Crippen molar-refractivity contribution in [3.05, 3.63) is 42.5 Å². The van der Waals surface area contributed by atoms with Crippen LogP contribution in [-0.2, 0) is 0 Å². The highest BCUT2D eigenvalue weighted by atomic mass is 32.2. The molecule has 126 valence electrons. The molecule has 1 aliphatic heterocycles. The first kappa shape index (κ1) is 16.5. The Hall–Kier alpha value is -2.34. The fraction of sp³-hybridized carbons (Fsp3) is 0.278. The fourth-order valence-corrected chi connectivity index (χ4v) is 3.77. The van der Waals surface area contributed by atoms with Crippen LogP contribution in [-0.4, -0.2) is 32.0 Å². The Balaban J connectivity index is 1.85. The van der Waals surface area contributed by atoms with Crippen LogP contribution in [0, 0.1) is 0 Å². The average Bonchev–Trinajstić information content (AvgIpc) is 2.60. The molecule has 0 saturated carbocycles. The summed E-state index contributed by atoms with van der Waals surface area (Å²) in [6.07, 6.45) is 0. The van der Waals surface area contributed by atoms with E-state index in [4.69, 9.17) is 9.47 Å². The minimum atomic E-state index is -0.162. The summed E-state index contributed by atoms with van der Waals surface area (Å²) in [6.45, 7) is 2.78. The molecular formula is C18H20N2O3S. The van der Waals surface area contributed by atoms with Crippen LogP contribution in [0.4, 0.5) is 16.2 Å². The number of nitrogens with zero attached hydrogens (tertiary/aromatic N) is 1. The minimum absolute atomic E-state index is 0.162. The summed E-state index contributed by atoms with van der Waals surface area (Å²) in [6, 6.07) is 13.1. The molecule has 3 rings (SSSR count). The van der Waals surface area contributed by atoms with Crippen molar-refractivity contribution in [2.24, 2.45) is 0 Å². The zero-order valence-electron chi connectivity index (χ0n) is 13.9. The van der Waals surface area contributed by atoms with E-state index >= 15 is 0 Å². The van der Waals surface area contributed by atoms with E-state index in [0.717, 1.165) is 10.6 Å². The normalized spacial score (nSPS) is 16.3. The Morgan fingerprint density at radius 2 is 1.83 bits per heavy atom. The maximum Gasteiger partial charge on any atom is 0.326 e. The zero-order valence-corrected chi connectivity index (χ0v) is 14.7. The molecule has 6 heteroatoms. The maximum absolute atomic E-state index is 12.8. The summed E-state index contributed by atoms with van der Waals surface area (Å²) in [5.41, 5.74) is 1.58. The Labute approximate surface area is 145 Å². The number of methoxy groups -OCH3 is 2. The van der Waals surface area contributed by atoms with Gasteiger partial charge in [0.25, 0.3) is 0 Å². The summed E-state index contributed by atoms with van der Waals surface area (Å²) in [5.74, 6) is 1.26. The van der Waals surface area contributed by atoms with Gasteiger partial charge >= 0.3 is 6.03 Å². The molecule has 5 nitrogen and oxygen atoms in total. The number of hydrogen-bond donors (Lipinski definition) is 1. The van der Waals surface area contributed by atoms with E-state index in [9.17, 15) is 4.79 Å². The number of fused-ring (bicyclic) bond motifs is 1. The summed E-state index contributed by atoms with van der Waals surface area (Å²) < 4.78 is 10.5. The summed E-state index contributed by atoms with van der Waals surface area (Å²) >= 11 is 1.79. The first-order valence-electron chi connectivity index (χ1n) is 7.68. The number of para-hydroxylation sites is 1. The lowest BCUT2D eigenvalue weighted by Crippen LogP contribution is -2.41. The van der Waals surface area contributed by atoms with Crippen LogP contribution in [0.15, 0.2) is 47.4 Å². The number of ether oxygens (including phenoxy) is 2. The third-order valence-electron chi connectivity index (χ3n) is 3.77. The first-order chi connectivity index (χ1) is 11.6. The van der Waals surface area contributed by atoms with Crippen molar-refractivity contribution in [2.75, 3.05) is 31.0 Å². The molecule has 0 bridgehead atoms. The highest BCUT2D eigenvalue weighted by molar-refractivity contribution is 8.00. The molecule has 0 unspecified atom stereocenters. The molecule has 1 atom stereocenters. The third-order valence-corrected chi connectivity index (χ3v) is 4.92. The largest absolute Gasteiger partial charge is 0.497 e. The van der Waals surface area contributed by atoms with E-state index < -0.39 is 0 Å². The lowest BCUT2D eigenvalue weighted by molar-refractivity contribution is 0.256. The lowest BCUT2D eigenvalue weighted by Gasteiger charge is -2.32. The van der Waals surface area contributed by atoms with Gasteiger partial charge in [0.2, 0.25) is 0 Å². The zero-order chi connectivity index (χ0) is 17.1. The van der Waals surface area contributed by atoms with Gasteiger partial charge in [0.1, 0.15) is 11.5 Å². The molecule has 0 aromatic heterocycles. The van der Waals surface area contributed by atoms with Gasteiger partial charge in [-0.2, -0.15) is 0 Å². The number of hydrogen-bond acceptors (Lipinski definition) is 4. The van der Waals surface area contributed by atoms with Crippen molar-refractivity contribution in [1.29, 1.82) is 0 Å². The van der Waals surface area contributed by atoms with E-state index in [0.29, 0.717) is 29.0 Å². The van der Waals surface area contributed by atoms with Crippen molar-refractivity contribution in [2.45, 2.75) is 17.1 Å². The Kier molecular flexibility index (Phi) is 4.85. The number of nitrogens with one attached hydrogen (secondary N) is 1. The molecule has 24 heavy (non-hydrogen) atoms. The fourth-order valence-electron chi connectivity index (χ4n) is 2.65. The van der Waals surface area contributed by atoms with Crippen LogP contribution in [0.3, 0.4) is 0 Å². The molecule has 0 radical (unpaired) electrons. The predicted molar refractivity (Wildman–Crippen MR) is 97.7 cm³/mol. The van der Waals surface area contributed by atoms with E-state index in [1.807, 2.05) is 24.3 Å². The Morgan fingerprint density at radius 3 is 2.50 bits per heavy atom. The van der Waals surface area contributed by atoms with Gasteiger partial charge in [-0.15, -0.1) is 11.8 Å². The van der Waals surface area contributed by atoms with Crippen LogP contribution in [0.5, 0.6) is 11.5 Å². The maximum atomic E-state index is 12.8. The third kappa shape index (κ3) is 3.43. The molecule has 0 saturated heterocycles. The van der Waals surface area contributed by atoms with Gasteiger partial charge in [-0.1, -0.05) is 19.1 Å².